The number of carbonyl (C=O) groups is 1. The number of likely N-dealkylation sites (N-methyl/N-ethyl adjacent to an activating group) is 1. The van der Waals surface area contributed by atoms with Gasteiger partial charge in [0.1, 0.15) is 0 Å². The van der Waals surface area contributed by atoms with E-state index < -0.39 is 0 Å². The molecular weight excluding hydrogens is 288 g/mol. The van der Waals surface area contributed by atoms with Gasteiger partial charge in [-0.3, -0.25) is 9.78 Å². The van der Waals surface area contributed by atoms with Gasteiger partial charge in [-0.15, -0.1) is 0 Å². The quantitative estimate of drug-likeness (QED) is 0.854. The van der Waals surface area contributed by atoms with Gasteiger partial charge >= 0.3 is 0 Å². The fraction of sp³-hybridized carbons (Fsp3) is 0.333. The minimum atomic E-state index is -0.0394. The maximum absolute atomic E-state index is 12.8. The second kappa shape index (κ2) is 8.29. The van der Waals surface area contributed by atoms with Gasteiger partial charge in [0.25, 0.3) is 5.91 Å². The lowest BCUT2D eigenvalue weighted by atomic mass is 10.2. The highest BCUT2D eigenvalue weighted by Crippen LogP contribution is 2.17. The molecule has 2 rings (SSSR count). The molecule has 2 aromatic rings. The molecule has 1 aromatic carbocycles. The third-order valence-corrected chi connectivity index (χ3v) is 3.50. The van der Waals surface area contributed by atoms with Crippen molar-refractivity contribution >= 4 is 17.3 Å². The number of para-hydroxylation sites is 1. The fourth-order valence-corrected chi connectivity index (χ4v) is 2.28. The Hall–Kier alpha value is -2.40. The summed E-state index contributed by atoms with van der Waals surface area (Å²) in [5, 5.41) is 3.29. The normalized spacial score (nSPS) is 10.6. The van der Waals surface area contributed by atoms with Crippen LogP contribution in [0.1, 0.15) is 17.3 Å². The molecule has 0 spiro atoms. The van der Waals surface area contributed by atoms with E-state index in [-0.39, 0.29) is 5.91 Å². The number of pyridine rings is 1. The van der Waals surface area contributed by atoms with Crippen LogP contribution in [0.2, 0.25) is 0 Å². The summed E-state index contributed by atoms with van der Waals surface area (Å²) in [6.07, 6.45) is 3.36. The van der Waals surface area contributed by atoms with E-state index in [1.807, 2.05) is 57.4 Å². The first-order valence-electron chi connectivity index (χ1n) is 7.82. The molecule has 0 aliphatic carbocycles. The van der Waals surface area contributed by atoms with Crippen LogP contribution in [0.25, 0.3) is 0 Å². The molecule has 1 aromatic heterocycles. The topological polar surface area (TPSA) is 48.5 Å². The Morgan fingerprint density at radius 2 is 1.91 bits per heavy atom. The summed E-state index contributed by atoms with van der Waals surface area (Å²) in [6.45, 7) is 4.31. The molecule has 0 aliphatic rings. The third kappa shape index (κ3) is 4.79. The van der Waals surface area contributed by atoms with Gasteiger partial charge in [0.2, 0.25) is 0 Å². The lowest BCUT2D eigenvalue weighted by Gasteiger charge is -2.21. The summed E-state index contributed by atoms with van der Waals surface area (Å²) in [6, 6.07) is 11.5. The van der Waals surface area contributed by atoms with E-state index in [1.165, 1.54) is 0 Å². The van der Waals surface area contributed by atoms with Crippen LogP contribution in [0.3, 0.4) is 0 Å². The number of carbonyl (C=O) groups excluding carboxylic acids is 1. The van der Waals surface area contributed by atoms with Crippen molar-refractivity contribution in [3.05, 3.63) is 54.4 Å². The summed E-state index contributed by atoms with van der Waals surface area (Å²) < 4.78 is 0. The maximum atomic E-state index is 12.8. The van der Waals surface area contributed by atoms with E-state index in [4.69, 9.17) is 0 Å². The number of rotatable bonds is 7. The molecule has 0 fully saturated rings. The molecule has 0 radical (unpaired) electrons. The van der Waals surface area contributed by atoms with Crippen LogP contribution in [0.5, 0.6) is 0 Å². The minimum Gasteiger partial charge on any atom is -0.382 e. The van der Waals surface area contributed by atoms with E-state index in [9.17, 15) is 4.79 Å². The van der Waals surface area contributed by atoms with Gasteiger partial charge in [0.15, 0.2) is 0 Å². The highest BCUT2D eigenvalue weighted by molar-refractivity contribution is 6.06. The van der Waals surface area contributed by atoms with Crippen LogP contribution in [-0.4, -0.2) is 49.5 Å². The zero-order chi connectivity index (χ0) is 16.7. The molecule has 0 aliphatic heterocycles. The number of amides is 1. The summed E-state index contributed by atoms with van der Waals surface area (Å²) in [5.41, 5.74) is 2.35. The Labute approximate surface area is 137 Å². The van der Waals surface area contributed by atoms with Gasteiger partial charge < -0.3 is 15.1 Å². The molecule has 0 bridgehead atoms. The molecule has 0 unspecified atom stereocenters. The number of nitrogens with one attached hydrogen (secondary N) is 1. The lowest BCUT2D eigenvalue weighted by Crippen LogP contribution is -2.30. The van der Waals surface area contributed by atoms with Crippen molar-refractivity contribution in [2.75, 3.05) is 43.9 Å². The summed E-state index contributed by atoms with van der Waals surface area (Å²) >= 11 is 0. The number of hydrogen-bond acceptors (Lipinski definition) is 4. The Bertz CT molecular complexity index is 628. The highest BCUT2D eigenvalue weighted by Gasteiger charge is 2.16. The smallest absolute Gasteiger partial charge is 0.259 e. The molecule has 1 N–H and O–H groups in total. The Morgan fingerprint density at radius 3 is 2.57 bits per heavy atom. The standard InChI is InChI=1S/C18H24N4O/c1-4-22(17-8-6-5-7-9-17)18(23)15-12-16(14-19-13-15)20-10-11-21(2)3/h5-9,12-14,20H,4,10-11H2,1-3H3. The van der Waals surface area contributed by atoms with Crippen molar-refractivity contribution in [3.63, 3.8) is 0 Å². The molecule has 0 saturated heterocycles. The molecule has 1 heterocycles. The van der Waals surface area contributed by atoms with E-state index in [1.54, 1.807) is 17.3 Å². The van der Waals surface area contributed by atoms with E-state index in [0.29, 0.717) is 12.1 Å². The largest absolute Gasteiger partial charge is 0.382 e. The molecule has 5 nitrogen and oxygen atoms in total. The van der Waals surface area contributed by atoms with Crippen molar-refractivity contribution < 1.29 is 4.79 Å². The maximum Gasteiger partial charge on any atom is 0.259 e. The van der Waals surface area contributed by atoms with Crippen LogP contribution >= 0.6 is 0 Å². The molecule has 0 atom stereocenters. The van der Waals surface area contributed by atoms with Gasteiger partial charge in [-0.1, -0.05) is 18.2 Å². The average molecular weight is 312 g/mol. The van der Waals surface area contributed by atoms with Gasteiger partial charge in [0.05, 0.1) is 11.3 Å². The second-order valence-corrected chi connectivity index (χ2v) is 5.58. The van der Waals surface area contributed by atoms with E-state index >= 15 is 0 Å². The predicted molar refractivity (Wildman–Crippen MR) is 95.1 cm³/mol. The predicted octanol–water partition coefficient (Wildman–Crippen LogP) is 2.72. The average Bonchev–Trinajstić information content (AvgIpc) is 2.56. The van der Waals surface area contributed by atoms with Gasteiger partial charge in [-0.2, -0.15) is 0 Å². The molecule has 1 amide bonds. The van der Waals surface area contributed by atoms with Crippen LogP contribution in [0.4, 0.5) is 11.4 Å². The highest BCUT2D eigenvalue weighted by atomic mass is 16.2. The number of nitrogens with zero attached hydrogens (tertiary/aromatic N) is 3. The van der Waals surface area contributed by atoms with Crippen molar-refractivity contribution in [1.82, 2.24) is 9.88 Å². The lowest BCUT2D eigenvalue weighted by molar-refractivity contribution is 0.0988. The van der Waals surface area contributed by atoms with Crippen molar-refractivity contribution in [2.24, 2.45) is 0 Å². The van der Waals surface area contributed by atoms with Crippen LogP contribution in [0.15, 0.2) is 48.8 Å². The Morgan fingerprint density at radius 1 is 1.17 bits per heavy atom. The number of benzene rings is 1. The molecule has 0 saturated carbocycles. The minimum absolute atomic E-state index is 0.0394. The number of aromatic nitrogens is 1. The van der Waals surface area contributed by atoms with Crippen LogP contribution in [0, 0.1) is 0 Å². The van der Waals surface area contributed by atoms with Crippen molar-refractivity contribution in [3.8, 4) is 0 Å². The van der Waals surface area contributed by atoms with E-state index in [2.05, 4.69) is 15.2 Å². The van der Waals surface area contributed by atoms with Gasteiger partial charge in [-0.25, -0.2) is 0 Å². The van der Waals surface area contributed by atoms with E-state index in [0.717, 1.165) is 24.5 Å². The summed E-state index contributed by atoms with van der Waals surface area (Å²) in [5.74, 6) is -0.0394. The van der Waals surface area contributed by atoms with Crippen molar-refractivity contribution in [2.45, 2.75) is 6.92 Å². The van der Waals surface area contributed by atoms with Gasteiger partial charge in [0, 0.05) is 37.7 Å². The van der Waals surface area contributed by atoms with Gasteiger partial charge in [-0.05, 0) is 39.2 Å². The van der Waals surface area contributed by atoms with Crippen LogP contribution in [-0.2, 0) is 0 Å². The zero-order valence-corrected chi connectivity index (χ0v) is 14.0. The van der Waals surface area contributed by atoms with Crippen molar-refractivity contribution in [1.29, 1.82) is 0 Å². The summed E-state index contributed by atoms with van der Waals surface area (Å²) in [7, 11) is 4.05. The Kier molecular flexibility index (Phi) is 6.11. The number of hydrogen-bond donors (Lipinski definition) is 1. The first-order chi connectivity index (χ1) is 11.1. The monoisotopic (exact) mass is 312 g/mol. The second-order valence-electron chi connectivity index (χ2n) is 5.58. The number of anilines is 2. The molecule has 5 heteroatoms. The zero-order valence-electron chi connectivity index (χ0n) is 14.0. The third-order valence-electron chi connectivity index (χ3n) is 3.50. The molecular formula is C18H24N4O. The Balaban J connectivity index is 2.12. The SMILES string of the molecule is CCN(C(=O)c1cncc(NCCN(C)C)c1)c1ccccc1. The molecule has 23 heavy (non-hydrogen) atoms. The summed E-state index contributed by atoms with van der Waals surface area (Å²) in [4.78, 5) is 20.8. The molecule has 122 valence electrons. The first kappa shape index (κ1) is 17.0. The first-order valence-corrected chi connectivity index (χ1v) is 7.82. The fourth-order valence-electron chi connectivity index (χ4n) is 2.28. The van der Waals surface area contributed by atoms with Crippen LogP contribution < -0.4 is 10.2 Å².